The van der Waals surface area contributed by atoms with E-state index in [-0.39, 0.29) is 24.0 Å². The lowest BCUT2D eigenvalue weighted by atomic mass is 9.78. The molecule has 1 amide bonds. The molecule has 37 heavy (non-hydrogen) atoms. The van der Waals surface area contributed by atoms with Crippen molar-refractivity contribution in [3.05, 3.63) is 100 Å². The van der Waals surface area contributed by atoms with Gasteiger partial charge in [0.2, 0.25) is 5.91 Å². The largest absolute Gasteiger partial charge is 0.383 e. The highest BCUT2D eigenvalue weighted by atomic mass is 35.5. The van der Waals surface area contributed by atoms with Gasteiger partial charge in [-0.1, -0.05) is 29.8 Å². The maximum atomic E-state index is 13.8. The number of nitrogen functional groups attached to an aromatic ring is 1. The zero-order valence-electron chi connectivity index (χ0n) is 19.3. The molecule has 2 aromatic carbocycles. The zero-order valence-corrected chi connectivity index (χ0v) is 20.1. The van der Waals surface area contributed by atoms with Gasteiger partial charge in [0, 0.05) is 30.0 Å². The zero-order chi connectivity index (χ0) is 25.9. The summed E-state index contributed by atoms with van der Waals surface area (Å²) in [6, 6.07) is 10.6. The first-order valence-electron chi connectivity index (χ1n) is 11.3. The number of benzene rings is 2. The first-order chi connectivity index (χ1) is 17.7. The van der Waals surface area contributed by atoms with Crippen LogP contribution in [0.5, 0.6) is 0 Å². The average Bonchev–Trinajstić information content (AvgIpc) is 3.45. The van der Waals surface area contributed by atoms with Gasteiger partial charge in [-0.05, 0) is 42.3 Å². The first-order valence-corrected chi connectivity index (χ1v) is 11.6. The summed E-state index contributed by atoms with van der Waals surface area (Å²) < 4.78 is 28.9. The van der Waals surface area contributed by atoms with Crippen LogP contribution in [0.25, 0.3) is 17.2 Å². The minimum Gasteiger partial charge on any atom is -0.383 e. The van der Waals surface area contributed by atoms with Crippen molar-refractivity contribution in [1.82, 2.24) is 24.3 Å². The van der Waals surface area contributed by atoms with E-state index in [1.165, 1.54) is 6.07 Å². The number of aromatic nitrogens is 5. The van der Waals surface area contributed by atoms with Crippen LogP contribution in [0.15, 0.2) is 61.1 Å². The molecule has 0 bridgehead atoms. The van der Waals surface area contributed by atoms with Crippen LogP contribution in [0.4, 0.5) is 20.4 Å². The van der Waals surface area contributed by atoms with Crippen LogP contribution < -0.4 is 11.1 Å². The Kier molecular flexibility index (Phi) is 5.16. The summed E-state index contributed by atoms with van der Waals surface area (Å²) in [4.78, 5) is 31.2. The maximum absolute atomic E-state index is 13.8. The minimum atomic E-state index is -1.11. The highest BCUT2D eigenvalue weighted by Crippen LogP contribution is 2.45. The van der Waals surface area contributed by atoms with E-state index in [0.717, 1.165) is 12.1 Å². The van der Waals surface area contributed by atoms with E-state index in [9.17, 15) is 13.6 Å². The summed E-state index contributed by atoms with van der Waals surface area (Å²) >= 11 is 6.03. The van der Waals surface area contributed by atoms with Crippen LogP contribution in [0.3, 0.4) is 0 Å². The molecule has 0 fully saturated rings. The molecule has 8 nitrogen and oxygen atoms in total. The summed E-state index contributed by atoms with van der Waals surface area (Å²) in [7, 11) is 0. The summed E-state index contributed by atoms with van der Waals surface area (Å²) in [6.45, 7) is 1.76. The number of hydrogen-bond acceptors (Lipinski definition) is 6. The number of nitrogens with one attached hydrogen (secondary N) is 1. The van der Waals surface area contributed by atoms with Crippen LogP contribution >= 0.6 is 11.6 Å². The summed E-state index contributed by atoms with van der Waals surface area (Å²) in [5.74, 6) is -1.54. The standard InChI is InChI=1S/C26H18ClF2N7O/c1-26(14-3-5-15(27)6-4-14)20-21(30)33-22(34-23(20)35-25(26)37)19-12-36-9-8-31-24(36)18(32-19)11-13-2-7-16(28)17(29)10-13/h2-10,12H,11H2,1H3,(H3,30,33,34,35,37). The highest BCUT2D eigenvalue weighted by Gasteiger charge is 2.47. The molecule has 3 aromatic heterocycles. The lowest BCUT2D eigenvalue weighted by molar-refractivity contribution is -0.119. The maximum Gasteiger partial charge on any atom is 0.240 e. The molecule has 184 valence electrons. The lowest BCUT2D eigenvalue weighted by Crippen LogP contribution is -2.32. The molecule has 5 aromatic rings. The van der Waals surface area contributed by atoms with Gasteiger partial charge in [-0.2, -0.15) is 0 Å². The number of amides is 1. The molecule has 0 spiro atoms. The van der Waals surface area contributed by atoms with Gasteiger partial charge in [0.1, 0.15) is 22.7 Å². The van der Waals surface area contributed by atoms with Gasteiger partial charge in [-0.3, -0.25) is 4.79 Å². The third-order valence-electron chi connectivity index (χ3n) is 6.57. The highest BCUT2D eigenvalue weighted by molar-refractivity contribution is 6.30. The molecule has 4 heterocycles. The van der Waals surface area contributed by atoms with E-state index in [1.54, 1.807) is 54.2 Å². The second-order valence-corrected chi connectivity index (χ2v) is 9.33. The first kappa shape index (κ1) is 23.0. The second kappa shape index (κ2) is 8.31. The van der Waals surface area contributed by atoms with Gasteiger partial charge in [0.25, 0.3) is 0 Å². The fourth-order valence-corrected chi connectivity index (χ4v) is 4.77. The predicted molar refractivity (Wildman–Crippen MR) is 134 cm³/mol. The third-order valence-corrected chi connectivity index (χ3v) is 6.82. The number of halogens is 3. The van der Waals surface area contributed by atoms with Crippen LogP contribution in [-0.2, 0) is 16.6 Å². The number of carbonyl (C=O) groups is 1. The van der Waals surface area contributed by atoms with Crippen molar-refractivity contribution < 1.29 is 13.6 Å². The minimum absolute atomic E-state index is 0.130. The number of nitrogens with two attached hydrogens (primary N) is 1. The van der Waals surface area contributed by atoms with Crippen molar-refractivity contribution >= 4 is 34.8 Å². The van der Waals surface area contributed by atoms with Gasteiger partial charge in [0.15, 0.2) is 23.1 Å². The van der Waals surface area contributed by atoms with Crippen LogP contribution in [-0.4, -0.2) is 30.2 Å². The monoisotopic (exact) mass is 517 g/mol. The molecule has 1 unspecified atom stereocenters. The number of nitrogens with zero attached hydrogens (tertiary/aromatic N) is 5. The number of hydrogen-bond donors (Lipinski definition) is 2. The molecule has 1 aliphatic rings. The Hall–Kier alpha value is -4.44. The van der Waals surface area contributed by atoms with Crippen LogP contribution in [0.2, 0.25) is 5.02 Å². The van der Waals surface area contributed by atoms with E-state index in [4.69, 9.17) is 17.3 Å². The molecule has 0 aliphatic carbocycles. The van der Waals surface area contributed by atoms with Crippen LogP contribution in [0.1, 0.15) is 29.3 Å². The van der Waals surface area contributed by atoms with Gasteiger partial charge >= 0.3 is 0 Å². The van der Waals surface area contributed by atoms with E-state index in [0.29, 0.717) is 44.6 Å². The second-order valence-electron chi connectivity index (χ2n) is 8.90. The SMILES string of the molecule is CC1(c2ccc(Cl)cc2)C(=O)Nc2nc(-c3cn4ccnc4c(Cc4ccc(F)c(F)c4)n3)nc(N)c21. The van der Waals surface area contributed by atoms with Gasteiger partial charge in [-0.15, -0.1) is 0 Å². The van der Waals surface area contributed by atoms with Crippen molar-refractivity contribution in [1.29, 1.82) is 0 Å². The Morgan fingerprint density at radius 1 is 1.08 bits per heavy atom. The normalized spacial score (nSPS) is 16.7. The number of rotatable bonds is 4. The summed E-state index contributed by atoms with van der Waals surface area (Å²) in [5.41, 5.74) is 8.40. The Bertz CT molecular complexity index is 1720. The van der Waals surface area contributed by atoms with E-state index >= 15 is 0 Å². The molecule has 0 radical (unpaired) electrons. The Labute approximate surface area is 214 Å². The smallest absolute Gasteiger partial charge is 0.240 e. The Morgan fingerprint density at radius 2 is 1.86 bits per heavy atom. The molecule has 1 atom stereocenters. The van der Waals surface area contributed by atoms with E-state index < -0.39 is 17.0 Å². The number of imidazole rings is 1. The number of anilines is 2. The molecule has 0 saturated heterocycles. The quantitative estimate of drug-likeness (QED) is 0.362. The molecule has 6 rings (SSSR count). The summed E-state index contributed by atoms with van der Waals surface area (Å²) in [6.07, 6.45) is 5.21. The summed E-state index contributed by atoms with van der Waals surface area (Å²) in [5, 5.41) is 3.37. The van der Waals surface area contributed by atoms with E-state index in [2.05, 4.69) is 25.3 Å². The topological polar surface area (TPSA) is 111 Å². The molecule has 11 heteroatoms. The van der Waals surface area contributed by atoms with E-state index in [1.807, 2.05) is 0 Å². The van der Waals surface area contributed by atoms with Crippen LogP contribution in [0, 0.1) is 11.6 Å². The fraction of sp³-hybridized carbons (Fsp3) is 0.115. The van der Waals surface area contributed by atoms with Gasteiger partial charge in [0.05, 0.1) is 11.3 Å². The van der Waals surface area contributed by atoms with Crippen molar-refractivity contribution in [2.45, 2.75) is 18.8 Å². The van der Waals surface area contributed by atoms with Crippen molar-refractivity contribution in [3.63, 3.8) is 0 Å². The van der Waals surface area contributed by atoms with Crippen molar-refractivity contribution in [2.24, 2.45) is 0 Å². The predicted octanol–water partition coefficient (Wildman–Crippen LogP) is 4.55. The number of carbonyl (C=O) groups excluding carboxylic acids is 1. The molecule has 0 saturated carbocycles. The van der Waals surface area contributed by atoms with Crippen molar-refractivity contribution in [3.8, 4) is 11.5 Å². The van der Waals surface area contributed by atoms with Gasteiger partial charge in [-0.25, -0.2) is 28.7 Å². The van der Waals surface area contributed by atoms with Crippen molar-refractivity contribution in [2.75, 3.05) is 11.1 Å². The Balaban J connectivity index is 1.45. The number of fused-ring (bicyclic) bond motifs is 2. The molecular formula is C26H18ClF2N7O. The Morgan fingerprint density at radius 3 is 2.62 bits per heavy atom. The van der Waals surface area contributed by atoms with Gasteiger partial charge < -0.3 is 15.5 Å². The average molecular weight is 518 g/mol. The molecular weight excluding hydrogens is 500 g/mol. The third kappa shape index (κ3) is 3.68. The molecule has 1 aliphatic heterocycles. The fourth-order valence-electron chi connectivity index (χ4n) is 4.65. The lowest BCUT2D eigenvalue weighted by Gasteiger charge is -2.23. The molecule has 3 N–H and O–H groups in total.